The van der Waals surface area contributed by atoms with Gasteiger partial charge in [0, 0.05) is 44.0 Å². The molecular formula is C29H35ClN2O3. The highest BCUT2D eigenvalue weighted by Gasteiger charge is 2.22. The molecule has 0 spiro atoms. The number of hydrogen-bond acceptors (Lipinski definition) is 4. The summed E-state index contributed by atoms with van der Waals surface area (Å²) in [4.78, 5) is 28.9. The molecule has 2 aliphatic rings. The molecule has 2 heterocycles. The Morgan fingerprint density at radius 1 is 1.00 bits per heavy atom. The molecule has 35 heavy (non-hydrogen) atoms. The zero-order chi connectivity index (χ0) is 24.6. The van der Waals surface area contributed by atoms with Gasteiger partial charge in [0.15, 0.2) is 0 Å². The molecule has 6 heteroatoms. The number of amides is 1. The van der Waals surface area contributed by atoms with Crippen molar-refractivity contribution in [1.82, 2.24) is 4.90 Å². The first-order chi connectivity index (χ1) is 17.0. The Kier molecular flexibility index (Phi) is 8.86. The first-order valence-corrected chi connectivity index (χ1v) is 13.1. The third-order valence-corrected chi connectivity index (χ3v) is 7.24. The smallest absolute Gasteiger partial charge is 0.223 e. The van der Waals surface area contributed by atoms with E-state index >= 15 is 0 Å². The van der Waals surface area contributed by atoms with Crippen LogP contribution >= 0.6 is 11.6 Å². The van der Waals surface area contributed by atoms with Gasteiger partial charge in [-0.3, -0.25) is 4.79 Å². The number of likely N-dealkylation sites (N-methyl/N-ethyl adjacent to an activating group) is 1. The number of halogens is 1. The fourth-order valence-corrected chi connectivity index (χ4v) is 5.03. The third-order valence-electron chi connectivity index (χ3n) is 7.01. The molecule has 2 aliphatic heterocycles. The summed E-state index contributed by atoms with van der Waals surface area (Å²) in [6.45, 7) is 2.88. The number of ether oxygens (including phenoxy) is 1. The first-order valence-electron chi connectivity index (χ1n) is 12.7. The summed E-state index contributed by atoms with van der Waals surface area (Å²) in [6, 6.07) is 12.0. The van der Waals surface area contributed by atoms with E-state index in [0.717, 1.165) is 85.5 Å². The van der Waals surface area contributed by atoms with Crippen LogP contribution in [0.15, 0.2) is 48.6 Å². The van der Waals surface area contributed by atoms with Gasteiger partial charge in [-0.25, -0.2) is 0 Å². The number of carbonyl (C=O) groups is 2. The topological polar surface area (TPSA) is 49.9 Å². The summed E-state index contributed by atoms with van der Waals surface area (Å²) >= 11 is 6.27. The molecule has 0 fully saturated rings. The summed E-state index contributed by atoms with van der Waals surface area (Å²) < 4.78 is 6.38. The molecule has 5 nitrogen and oxygen atoms in total. The van der Waals surface area contributed by atoms with E-state index in [2.05, 4.69) is 35.3 Å². The maximum Gasteiger partial charge on any atom is 0.223 e. The number of fused-ring (bicyclic) bond motifs is 2. The predicted molar refractivity (Wildman–Crippen MR) is 141 cm³/mol. The largest absolute Gasteiger partial charge is 0.487 e. The highest BCUT2D eigenvalue weighted by molar-refractivity contribution is 6.30. The number of benzene rings is 2. The fraction of sp³-hybridized carbons (Fsp3) is 0.448. The maximum atomic E-state index is 12.8. The van der Waals surface area contributed by atoms with Gasteiger partial charge in [-0.05, 0) is 79.5 Å². The van der Waals surface area contributed by atoms with Crippen molar-refractivity contribution in [3.63, 3.8) is 0 Å². The van der Waals surface area contributed by atoms with Crippen LogP contribution in [0.25, 0.3) is 0 Å². The van der Waals surface area contributed by atoms with Crippen LogP contribution in [0.5, 0.6) is 5.75 Å². The van der Waals surface area contributed by atoms with Crippen LogP contribution in [-0.2, 0) is 22.6 Å². The fourth-order valence-electron chi connectivity index (χ4n) is 4.83. The average molecular weight is 495 g/mol. The van der Waals surface area contributed by atoms with E-state index in [9.17, 15) is 9.59 Å². The Morgan fingerprint density at radius 3 is 2.66 bits per heavy atom. The molecule has 0 saturated carbocycles. The third kappa shape index (κ3) is 6.66. The molecular weight excluding hydrogens is 460 g/mol. The Hall–Kier alpha value is -2.79. The second-order valence-electron chi connectivity index (χ2n) is 9.56. The Morgan fingerprint density at radius 2 is 1.83 bits per heavy atom. The molecule has 2 aromatic carbocycles. The number of rotatable bonds is 1. The molecule has 186 valence electrons. The molecule has 2 bridgehead atoms. The highest BCUT2D eigenvalue weighted by Crippen LogP contribution is 2.35. The summed E-state index contributed by atoms with van der Waals surface area (Å²) in [7, 11) is 1.79. The molecule has 2 aromatic rings. The average Bonchev–Trinajstić information content (AvgIpc) is 2.89. The van der Waals surface area contributed by atoms with Crippen molar-refractivity contribution >= 4 is 29.5 Å². The van der Waals surface area contributed by atoms with Crippen LogP contribution in [0.4, 0.5) is 5.69 Å². The molecule has 1 atom stereocenters. The first kappa shape index (κ1) is 25.3. The molecule has 1 unspecified atom stereocenters. The van der Waals surface area contributed by atoms with Crippen molar-refractivity contribution in [2.24, 2.45) is 0 Å². The maximum absolute atomic E-state index is 12.8. The lowest BCUT2D eigenvalue weighted by atomic mass is 9.95. The second kappa shape index (κ2) is 12.3. The van der Waals surface area contributed by atoms with Gasteiger partial charge in [0.1, 0.15) is 18.6 Å². The summed E-state index contributed by atoms with van der Waals surface area (Å²) in [6.07, 6.45) is 11.5. The Bertz CT molecular complexity index is 1070. The minimum atomic E-state index is -0.479. The Labute approximate surface area is 213 Å². The molecule has 4 rings (SSSR count). The predicted octanol–water partition coefficient (Wildman–Crippen LogP) is 5.93. The Balaban J connectivity index is 1.70. The lowest BCUT2D eigenvalue weighted by Crippen LogP contribution is -2.28. The van der Waals surface area contributed by atoms with Crippen LogP contribution in [-0.4, -0.2) is 43.8 Å². The van der Waals surface area contributed by atoms with Gasteiger partial charge >= 0.3 is 0 Å². The molecule has 0 N–H and O–H groups in total. The van der Waals surface area contributed by atoms with Crippen LogP contribution < -0.4 is 9.64 Å². The normalized spacial score (nSPS) is 21.0. The number of hydrogen-bond donors (Lipinski definition) is 0. The number of aryl methyl sites for hydroxylation is 1. The van der Waals surface area contributed by atoms with E-state index in [-0.39, 0.29) is 12.3 Å². The van der Waals surface area contributed by atoms with E-state index < -0.39 is 5.92 Å². The number of anilines is 1. The molecule has 0 aliphatic carbocycles. The molecule has 0 saturated heterocycles. The van der Waals surface area contributed by atoms with Gasteiger partial charge in [0.25, 0.3) is 0 Å². The standard InChI is InChI=1S/C29H35ClN2O3/c1-31-14-6-3-2-4-7-15-32-16-8-5-9-22-17-26(30)12-10-24(22)21-35-28-13-11-23(18-27(28)32)25(20-33)19-29(31)34/h3,6,10-13,17-18,20,25H,2,4-5,7-9,14-16,19,21H2,1H3/b6-3+. The number of carbonyl (C=O) groups excluding carboxylic acids is 2. The van der Waals surface area contributed by atoms with Gasteiger partial charge in [-0.2, -0.15) is 0 Å². The van der Waals surface area contributed by atoms with E-state index in [0.29, 0.717) is 13.2 Å². The van der Waals surface area contributed by atoms with Crippen LogP contribution in [0, 0.1) is 0 Å². The van der Waals surface area contributed by atoms with Gasteiger partial charge < -0.3 is 19.3 Å². The number of nitrogens with zero attached hydrogens (tertiary/aromatic N) is 2. The van der Waals surface area contributed by atoms with E-state index in [1.54, 1.807) is 11.9 Å². The lowest BCUT2D eigenvalue weighted by molar-refractivity contribution is -0.130. The van der Waals surface area contributed by atoms with Crippen molar-refractivity contribution < 1.29 is 14.3 Å². The quantitative estimate of drug-likeness (QED) is 0.364. The van der Waals surface area contributed by atoms with Gasteiger partial charge in [0.2, 0.25) is 5.91 Å². The molecule has 0 aromatic heterocycles. The van der Waals surface area contributed by atoms with Crippen molar-refractivity contribution in [1.29, 1.82) is 0 Å². The minimum Gasteiger partial charge on any atom is -0.487 e. The van der Waals surface area contributed by atoms with Gasteiger partial charge in [0.05, 0.1) is 5.69 Å². The van der Waals surface area contributed by atoms with Crippen LogP contribution in [0.3, 0.4) is 0 Å². The minimum absolute atomic E-state index is 0.0264. The zero-order valence-corrected chi connectivity index (χ0v) is 21.3. The van der Waals surface area contributed by atoms with E-state index in [4.69, 9.17) is 16.3 Å². The lowest BCUT2D eigenvalue weighted by Gasteiger charge is -2.28. The van der Waals surface area contributed by atoms with Gasteiger partial charge in [-0.15, -0.1) is 0 Å². The van der Waals surface area contributed by atoms with Crippen molar-refractivity contribution in [2.75, 3.05) is 31.6 Å². The molecule has 1 amide bonds. The van der Waals surface area contributed by atoms with E-state index in [1.165, 1.54) is 5.56 Å². The SMILES string of the molecule is CN1C/C=C/CCCCN2CCCCc3cc(Cl)ccc3COc3ccc(cc32)C(C=O)CC1=O. The number of aldehydes is 1. The van der Waals surface area contributed by atoms with Crippen LogP contribution in [0.1, 0.15) is 61.1 Å². The summed E-state index contributed by atoms with van der Waals surface area (Å²) in [5.74, 6) is 0.308. The van der Waals surface area contributed by atoms with E-state index in [1.807, 2.05) is 18.2 Å². The highest BCUT2D eigenvalue weighted by atomic mass is 35.5. The zero-order valence-electron chi connectivity index (χ0n) is 20.5. The van der Waals surface area contributed by atoms with Gasteiger partial charge in [-0.1, -0.05) is 35.9 Å². The van der Waals surface area contributed by atoms with Crippen molar-refractivity contribution in [2.45, 2.75) is 57.5 Å². The molecule has 0 radical (unpaired) electrons. The summed E-state index contributed by atoms with van der Waals surface area (Å²) in [5.41, 5.74) is 4.27. The number of allylic oxidation sites excluding steroid dienone is 1. The van der Waals surface area contributed by atoms with Crippen molar-refractivity contribution in [3.05, 3.63) is 70.3 Å². The van der Waals surface area contributed by atoms with Crippen LogP contribution in [0.2, 0.25) is 5.02 Å². The summed E-state index contributed by atoms with van der Waals surface area (Å²) in [5, 5.41) is 0.757. The monoisotopic (exact) mass is 494 g/mol. The second-order valence-corrected chi connectivity index (χ2v) is 10.00. The van der Waals surface area contributed by atoms with Crippen molar-refractivity contribution in [3.8, 4) is 5.75 Å².